The highest BCUT2D eigenvalue weighted by atomic mass is 32.1. The largest absolute Gasteiger partial charge is 0.338 e. The van der Waals surface area contributed by atoms with Gasteiger partial charge < -0.3 is 9.80 Å². The number of anilines is 1. The summed E-state index contributed by atoms with van der Waals surface area (Å²) in [4.78, 5) is 34.7. The molecule has 5 nitrogen and oxygen atoms in total. The number of hydrogen-bond donors (Lipinski definition) is 0. The molecule has 0 bridgehead atoms. The van der Waals surface area contributed by atoms with Crippen LogP contribution in [-0.4, -0.2) is 41.8 Å². The van der Waals surface area contributed by atoms with E-state index in [4.69, 9.17) is 0 Å². The minimum atomic E-state index is -0.102. The molecular formula is C21H21N3O2S2. The van der Waals surface area contributed by atoms with E-state index in [0.29, 0.717) is 22.7 Å². The van der Waals surface area contributed by atoms with Crippen molar-refractivity contribution in [2.75, 3.05) is 25.0 Å². The average Bonchev–Trinajstić information content (AvgIpc) is 3.46. The molecule has 1 aromatic carbocycles. The van der Waals surface area contributed by atoms with Crippen LogP contribution in [0.15, 0.2) is 53.4 Å². The summed E-state index contributed by atoms with van der Waals surface area (Å²) in [6.07, 6.45) is 3.83. The molecule has 0 spiro atoms. The molecule has 28 heavy (non-hydrogen) atoms. The van der Waals surface area contributed by atoms with E-state index in [0.717, 1.165) is 24.4 Å². The SMILES string of the molecule is CN(C(=O)c1cccs1)c1ccccc1C(=O)N1CCCC(c2nccs2)C1. The number of piperidine rings is 1. The standard InChI is InChI=1S/C21H21N3O2S2/c1-23(21(26)18-9-5-12-27-18)17-8-3-2-7-16(17)20(25)24-11-4-6-15(14-24)19-22-10-13-28-19/h2-3,5,7-10,12-13,15H,4,6,11,14H2,1H3. The minimum absolute atomic E-state index is 0.0253. The smallest absolute Gasteiger partial charge is 0.268 e. The number of rotatable bonds is 4. The molecule has 3 aromatic rings. The lowest BCUT2D eigenvalue weighted by Gasteiger charge is -2.33. The molecule has 0 saturated carbocycles. The Balaban J connectivity index is 1.57. The predicted octanol–water partition coefficient (Wildman–Crippen LogP) is 4.50. The van der Waals surface area contributed by atoms with Crippen molar-refractivity contribution in [3.8, 4) is 0 Å². The summed E-state index contributed by atoms with van der Waals surface area (Å²) in [6.45, 7) is 1.40. The van der Waals surface area contributed by atoms with Crippen LogP contribution in [0.1, 0.15) is 43.8 Å². The number of nitrogens with zero attached hydrogens (tertiary/aromatic N) is 3. The highest BCUT2D eigenvalue weighted by Crippen LogP contribution is 2.30. The Morgan fingerprint density at radius 2 is 2.00 bits per heavy atom. The van der Waals surface area contributed by atoms with Gasteiger partial charge in [0.25, 0.3) is 11.8 Å². The number of likely N-dealkylation sites (tertiary alicyclic amines) is 1. The second kappa shape index (κ2) is 8.24. The average molecular weight is 412 g/mol. The Kier molecular flexibility index (Phi) is 5.54. The van der Waals surface area contributed by atoms with E-state index in [9.17, 15) is 9.59 Å². The molecule has 1 atom stereocenters. The molecule has 1 aliphatic heterocycles. The maximum absolute atomic E-state index is 13.3. The predicted molar refractivity (Wildman–Crippen MR) is 113 cm³/mol. The van der Waals surface area contributed by atoms with E-state index in [1.54, 1.807) is 29.4 Å². The fourth-order valence-corrected chi connectivity index (χ4v) is 5.06. The molecule has 1 saturated heterocycles. The number of carbonyl (C=O) groups is 2. The van der Waals surface area contributed by atoms with Crippen LogP contribution in [0.4, 0.5) is 5.69 Å². The first kappa shape index (κ1) is 18.8. The summed E-state index contributed by atoms with van der Waals surface area (Å²) >= 11 is 3.05. The monoisotopic (exact) mass is 411 g/mol. The number of thiazole rings is 1. The van der Waals surface area contributed by atoms with Crippen molar-refractivity contribution in [2.45, 2.75) is 18.8 Å². The summed E-state index contributed by atoms with van der Waals surface area (Å²) in [5, 5.41) is 4.96. The van der Waals surface area contributed by atoms with Crippen LogP contribution in [0.3, 0.4) is 0 Å². The highest BCUT2D eigenvalue weighted by Gasteiger charge is 2.29. The van der Waals surface area contributed by atoms with Crippen LogP contribution in [0.2, 0.25) is 0 Å². The van der Waals surface area contributed by atoms with Gasteiger partial charge in [-0.3, -0.25) is 9.59 Å². The molecule has 144 valence electrons. The van der Waals surface area contributed by atoms with Crippen LogP contribution >= 0.6 is 22.7 Å². The molecule has 0 aliphatic carbocycles. The first-order chi connectivity index (χ1) is 13.6. The van der Waals surface area contributed by atoms with Gasteiger partial charge in [0.2, 0.25) is 0 Å². The van der Waals surface area contributed by atoms with Crippen molar-refractivity contribution in [1.29, 1.82) is 0 Å². The molecule has 4 rings (SSSR count). The summed E-state index contributed by atoms with van der Waals surface area (Å²) < 4.78 is 0. The zero-order valence-corrected chi connectivity index (χ0v) is 17.2. The fourth-order valence-electron chi connectivity index (χ4n) is 3.59. The topological polar surface area (TPSA) is 53.5 Å². The lowest BCUT2D eigenvalue weighted by atomic mass is 9.97. The molecule has 0 N–H and O–H groups in total. The Morgan fingerprint density at radius 3 is 2.75 bits per heavy atom. The molecule has 7 heteroatoms. The van der Waals surface area contributed by atoms with E-state index in [1.165, 1.54) is 11.3 Å². The molecule has 1 fully saturated rings. The van der Waals surface area contributed by atoms with Gasteiger partial charge in [-0.1, -0.05) is 18.2 Å². The highest BCUT2D eigenvalue weighted by molar-refractivity contribution is 7.12. The normalized spacial score (nSPS) is 16.8. The van der Waals surface area contributed by atoms with Crippen LogP contribution < -0.4 is 4.90 Å². The Morgan fingerprint density at radius 1 is 1.14 bits per heavy atom. The molecule has 1 unspecified atom stereocenters. The van der Waals surface area contributed by atoms with Gasteiger partial charge in [-0.25, -0.2) is 4.98 Å². The third-order valence-electron chi connectivity index (χ3n) is 5.04. The van der Waals surface area contributed by atoms with Gasteiger partial charge in [-0.2, -0.15) is 0 Å². The molecule has 3 heterocycles. The van der Waals surface area contributed by atoms with E-state index in [1.807, 2.05) is 52.2 Å². The number of benzene rings is 1. The van der Waals surface area contributed by atoms with E-state index >= 15 is 0 Å². The molecule has 2 amide bonds. The van der Waals surface area contributed by atoms with Crippen LogP contribution in [0.5, 0.6) is 0 Å². The van der Waals surface area contributed by atoms with E-state index < -0.39 is 0 Å². The Bertz CT molecular complexity index is 954. The number of amides is 2. The van der Waals surface area contributed by atoms with Gasteiger partial charge in [0.05, 0.1) is 21.1 Å². The van der Waals surface area contributed by atoms with Crippen LogP contribution in [-0.2, 0) is 0 Å². The van der Waals surface area contributed by atoms with Gasteiger partial charge in [-0.05, 0) is 36.4 Å². The third kappa shape index (κ3) is 3.72. The van der Waals surface area contributed by atoms with Gasteiger partial charge >= 0.3 is 0 Å². The lowest BCUT2D eigenvalue weighted by Crippen LogP contribution is -2.40. The summed E-state index contributed by atoms with van der Waals surface area (Å²) in [5.41, 5.74) is 1.21. The molecular weight excluding hydrogens is 390 g/mol. The van der Waals surface area contributed by atoms with Gasteiger partial charge in [0.1, 0.15) is 0 Å². The van der Waals surface area contributed by atoms with E-state index in [-0.39, 0.29) is 17.7 Å². The molecule has 2 aromatic heterocycles. The van der Waals surface area contributed by atoms with Crippen LogP contribution in [0, 0.1) is 0 Å². The second-order valence-corrected chi connectivity index (χ2v) is 8.69. The molecule has 1 aliphatic rings. The third-order valence-corrected chi connectivity index (χ3v) is 6.84. The zero-order chi connectivity index (χ0) is 19.5. The van der Waals surface area contributed by atoms with Crippen molar-refractivity contribution in [3.05, 3.63) is 68.8 Å². The number of carbonyl (C=O) groups excluding carboxylic acids is 2. The van der Waals surface area contributed by atoms with Crippen molar-refractivity contribution >= 4 is 40.2 Å². The molecule has 0 radical (unpaired) electrons. The van der Waals surface area contributed by atoms with Gasteiger partial charge in [0, 0.05) is 37.6 Å². The first-order valence-electron chi connectivity index (χ1n) is 9.24. The van der Waals surface area contributed by atoms with Crippen LogP contribution in [0.25, 0.3) is 0 Å². The van der Waals surface area contributed by atoms with Gasteiger partial charge in [-0.15, -0.1) is 22.7 Å². The van der Waals surface area contributed by atoms with E-state index in [2.05, 4.69) is 4.98 Å². The lowest BCUT2D eigenvalue weighted by molar-refractivity contribution is 0.0708. The second-order valence-electron chi connectivity index (χ2n) is 6.82. The van der Waals surface area contributed by atoms with Crippen molar-refractivity contribution in [3.63, 3.8) is 0 Å². The van der Waals surface area contributed by atoms with Crippen molar-refractivity contribution in [2.24, 2.45) is 0 Å². The maximum atomic E-state index is 13.3. The Labute approximate surface area is 172 Å². The maximum Gasteiger partial charge on any atom is 0.268 e. The number of para-hydroxylation sites is 1. The number of aromatic nitrogens is 1. The Hall–Kier alpha value is -2.51. The first-order valence-corrected chi connectivity index (χ1v) is 11.0. The van der Waals surface area contributed by atoms with Gasteiger partial charge in [0.15, 0.2) is 0 Å². The minimum Gasteiger partial charge on any atom is -0.338 e. The quantitative estimate of drug-likeness (QED) is 0.635. The number of hydrogen-bond acceptors (Lipinski definition) is 5. The summed E-state index contributed by atoms with van der Waals surface area (Å²) in [5.74, 6) is 0.160. The summed E-state index contributed by atoms with van der Waals surface area (Å²) in [7, 11) is 1.72. The zero-order valence-electron chi connectivity index (χ0n) is 15.6. The summed E-state index contributed by atoms with van der Waals surface area (Å²) in [6, 6.07) is 11.0. The van der Waals surface area contributed by atoms with Crippen molar-refractivity contribution < 1.29 is 9.59 Å². The fraction of sp³-hybridized carbons (Fsp3) is 0.286. The van der Waals surface area contributed by atoms with Crippen molar-refractivity contribution in [1.82, 2.24) is 9.88 Å². The number of thiophene rings is 1.